The molecule has 0 amide bonds. The Morgan fingerprint density at radius 2 is 1.56 bits per heavy atom. The minimum Gasteiger partial charge on any atom is -0.388 e. The number of para-hydroxylation sites is 2. The number of benzene rings is 2. The Hall–Kier alpha value is -3.33. The number of allylic oxidation sites excluding steroid dienone is 7. The number of anilines is 1. The first-order valence-corrected chi connectivity index (χ1v) is 13.2. The normalized spacial score (nSPS) is 22.7. The van der Waals surface area contributed by atoms with Crippen LogP contribution < -0.4 is 10.2 Å². The smallest absolute Gasteiger partial charge is 0.209 e. The first kappa shape index (κ1) is 24.4. The molecule has 2 aromatic rings. The third-order valence-electron chi connectivity index (χ3n) is 8.55. The molecule has 36 heavy (non-hydrogen) atoms. The maximum absolute atomic E-state index is 3.55. The fraction of sp³-hybridized carbons (Fsp3) is 0.364. The summed E-state index contributed by atoms with van der Waals surface area (Å²) >= 11 is 0. The van der Waals surface area contributed by atoms with Crippen LogP contribution in [0.2, 0.25) is 0 Å². The van der Waals surface area contributed by atoms with Gasteiger partial charge >= 0.3 is 0 Å². The monoisotopic (exact) mass is 478 g/mol. The third-order valence-corrected chi connectivity index (χ3v) is 8.55. The predicted molar refractivity (Wildman–Crippen MR) is 153 cm³/mol. The maximum atomic E-state index is 3.55. The fourth-order valence-corrected chi connectivity index (χ4v) is 6.54. The number of rotatable bonds is 4. The highest BCUT2D eigenvalue weighted by molar-refractivity contribution is 6.03. The molecule has 0 aromatic heterocycles. The first-order chi connectivity index (χ1) is 17.2. The van der Waals surface area contributed by atoms with E-state index in [0.717, 1.165) is 12.8 Å². The maximum Gasteiger partial charge on any atom is 0.209 e. The van der Waals surface area contributed by atoms with Gasteiger partial charge in [-0.05, 0) is 62.0 Å². The summed E-state index contributed by atoms with van der Waals surface area (Å²) < 4.78 is 2.35. The summed E-state index contributed by atoms with van der Waals surface area (Å²) in [5.74, 6) is 0. The molecule has 2 heterocycles. The molecule has 1 aliphatic carbocycles. The van der Waals surface area contributed by atoms with Crippen molar-refractivity contribution in [1.82, 2.24) is 5.32 Å². The minimum absolute atomic E-state index is 0.00634. The number of fused-ring (bicyclic) bond motifs is 2. The predicted octanol–water partition coefficient (Wildman–Crippen LogP) is 7.14. The van der Waals surface area contributed by atoms with Crippen LogP contribution in [0.4, 0.5) is 11.4 Å². The van der Waals surface area contributed by atoms with Crippen molar-refractivity contribution in [3.8, 4) is 0 Å². The van der Waals surface area contributed by atoms with Gasteiger partial charge in [-0.1, -0.05) is 62.4 Å². The molecule has 0 spiro atoms. The zero-order valence-corrected chi connectivity index (χ0v) is 22.9. The SMILES string of the molecule is CNC1=C(C=CC2=[N+](C)c3ccccc3C2(C)C)CCCC1=CC=C1N(C)c2ccccc2C1(C)C. The lowest BCUT2D eigenvalue weighted by Crippen LogP contribution is -2.26. The Kier molecular flexibility index (Phi) is 6.06. The molecule has 3 nitrogen and oxygen atoms in total. The molecule has 0 unspecified atom stereocenters. The van der Waals surface area contributed by atoms with Gasteiger partial charge in [0.1, 0.15) is 7.05 Å². The van der Waals surface area contributed by atoms with Crippen LogP contribution in [0.15, 0.2) is 95.4 Å². The van der Waals surface area contributed by atoms with Crippen molar-refractivity contribution in [2.45, 2.75) is 57.8 Å². The van der Waals surface area contributed by atoms with Crippen molar-refractivity contribution in [3.63, 3.8) is 0 Å². The lowest BCUT2D eigenvalue weighted by molar-refractivity contribution is -0.401. The van der Waals surface area contributed by atoms with Crippen molar-refractivity contribution in [1.29, 1.82) is 0 Å². The quantitative estimate of drug-likeness (QED) is 0.471. The molecule has 0 radical (unpaired) electrons. The highest BCUT2D eigenvalue weighted by Gasteiger charge is 2.42. The Morgan fingerprint density at radius 3 is 2.25 bits per heavy atom. The lowest BCUT2D eigenvalue weighted by atomic mass is 9.81. The second kappa shape index (κ2) is 8.96. The molecule has 0 saturated heterocycles. The van der Waals surface area contributed by atoms with Crippen molar-refractivity contribution >= 4 is 17.1 Å². The van der Waals surface area contributed by atoms with E-state index in [9.17, 15) is 0 Å². The Balaban J connectivity index is 1.49. The van der Waals surface area contributed by atoms with Crippen LogP contribution in [0, 0.1) is 0 Å². The average Bonchev–Trinajstić information content (AvgIpc) is 3.19. The van der Waals surface area contributed by atoms with Gasteiger partial charge in [-0.15, -0.1) is 0 Å². The van der Waals surface area contributed by atoms with Gasteiger partial charge in [-0.3, -0.25) is 0 Å². The highest BCUT2D eigenvalue weighted by atomic mass is 15.2. The van der Waals surface area contributed by atoms with Crippen LogP contribution in [0.25, 0.3) is 0 Å². The largest absolute Gasteiger partial charge is 0.388 e. The zero-order valence-electron chi connectivity index (χ0n) is 22.9. The number of nitrogens with one attached hydrogen (secondary N) is 1. The number of nitrogens with zero attached hydrogens (tertiary/aromatic N) is 2. The van der Waals surface area contributed by atoms with Crippen molar-refractivity contribution in [3.05, 3.63) is 107 Å². The van der Waals surface area contributed by atoms with Gasteiger partial charge in [-0.25, -0.2) is 0 Å². The Morgan fingerprint density at radius 1 is 0.861 bits per heavy atom. The van der Waals surface area contributed by atoms with Gasteiger partial charge in [0.15, 0.2) is 5.71 Å². The summed E-state index contributed by atoms with van der Waals surface area (Å²) in [6, 6.07) is 17.5. The highest BCUT2D eigenvalue weighted by Crippen LogP contribution is 2.47. The average molecular weight is 479 g/mol. The van der Waals surface area contributed by atoms with Crippen molar-refractivity contribution in [2.75, 3.05) is 26.0 Å². The number of likely N-dealkylation sites (N-methyl/N-ethyl adjacent to an activating group) is 2. The molecule has 3 aliphatic rings. The zero-order chi connectivity index (χ0) is 25.7. The Bertz CT molecular complexity index is 1360. The molecular formula is C33H40N3+. The fourth-order valence-electron chi connectivity index (χ4n) is 6.54. The van der Waals surface area contributed by atoms with Crippen molar-refractivity contribution in [2.24, 2.45) is 0 Å². The second-order valence-corrected chi connectivity index (χ2v) is 11.4. The van der Waals surface area contributed by atoms with Crippen LogP contribution in [0.5, 0.6) is 0 Å². The van der Waals surface area contributed by atoms with Gasteiger partial charge in [0.2, 0.25) is 5.69 Å². The van der Waals surface area contributed by atoms with E-state index in [4.69, 9.17) is 0 Å². The minimum atomic E-state index is -0.00634. The lowest BCUT2D eigenvalue weighted by Gasteiger charge is -2.25. The molecule has 3 heteroatoms. The summed E-state index contributed by atoms with van der Waals surface area (Å²) in [5.41, 5.74) is 12.2. The summed E-state index contributed by atoms with van der Waals surface area (Å²) in [4.78, 5) is 2.35. The topological polar surface area (TPSA) is 18.3 Å². The van der Waals surface area contributed by atoms with Gasteiger partial charge in [0.25, 0.3) is 0 Å². The van der Waals surface area contributed by atoms with E-state index >= 15 is 0 Å². The summed E-state index contributed by atoms with van der Waals surface area (Å²) in [5, 5.41) is 3.55. The Labute approximate surface area is 217 Å². The van der Waals surface area contributed by atoms with E-state index in [1.807, 2.05) is 0 Å². The second-order valence-electron chi connectivity index (χ2n) is 11.4. The van der Waals surface area contributed by atoms with Crippen LogP contribution in [0.3, 0.4) is 0 Å². The molecule has 0 bridgehead atoms. The van der Waals surface area contributed by atoms with E-state index in [0.29, 0.717) is 0 Å². The molecule has 186 valence electrons. The standard InChI is InChI=1S/C33H39N3/c1-32(2)25-15-8-10-17-27(25)35(6)29(32)21-19-23-13-12-14-24(31(23)34-5)20-22-30-33(3,4)26-16-9-11-18-28(26)36(30)7/h8-11,15-22H,12-14H2,1-7H3/p+1. The van der Waals surface area contributed by atoms with E-state index in [1.165, 1.54) is 57.2 Å². The van der Waals surface area contributed by atoms with E-state index in [-0.39, 0.29) is 10.8 Å². The van der Waals surface area contributed by atoms with Gasteiger partial charge in [0, 0.05) is 54.3 Å². The first-order valence-electron chi connectivity index (χ1n) is 13.2. The molecule has 0 atom stereocenters. The molecule has 2 aliphatic heterocycles. The number of hydrogen-bond acceptors (Lipinski definition) is 2. The van der Waals surface area contributed by atoms with Crippen LogP contribution >= 0.6 is 0 Å². The van der Waals surface area contributed by atoms with Crippen LogP contribution in [-0.4, -0.2) is 31.4 Å². The molecule has 0 saturated carbocycles. The number of hydrogen-bond donors (Lipinski definition) is 1. The molecule has 1 N–H and O–H groups in total. The van der Waals surface area contributed by atoms with Crippen molar-refractivity contribution < 1.29 is 4.58 Å². The third kappa shape index (κ3) is 3.77. The van der Waals surface area contributed by atoms with Crippen LogP contribution in [-0.2, 0) is 10.8 Å². The summed E-state index contributed by atoms with van der Waals surface area (Å²) in [6.45, 7) is 9.33. The van der Waals surface area contributed by atoms with Gasteiger partial charge in [0.05, 0.1) is 5.41 Å². The molecule has 2 aromatic carbocycles. The summed E-state index contributed by atoms with van der Waals surface area (Å²) in [7, 11) is 6.44. The van der Waals surface area contributed by atoms with Crippen LogP contribution in [0.1, 0.15) is 58.1 Å². The van der Waals surface area contributed by atoms with E-state index < -0.39 is 0 Å². The van der Waals surface area contributed by atoms with E-state index in [1.54, 1.807) is 0 Å². The van der Waals surface area contributed by atoms with Gasteiger partial charge < -0.3 is 10.2 Å². The molecule has 5 rings (SSSR count). The molecular weight excluding hydrogens is 438 g/mol. The summed E-state index contributed by atoms with van der Waals surface area (Å²) in [6.07, 6.45) is 12.8. The van der Waals surface area contributed by atoms with E-state index in [2.05, 4.69) is 136 Å². The van der Waals surface area contributed by atoms with Gasteiger partial charge in [-0.2, -0.15) is 4.58 Å². The molecule has 0 fully saturated rings.